The van der Waals surface area contributed by atoms with Crippen molar-refractivity contribution >= 4 is 45.8 Å². The molecular weight excluding hydrogens is 491 g/mol. The van der Waals surface area contributed by atoms with Crippen LogP contribution in [0.1, 0.15) is 31.8 Å². The SMILES string of the molecule is Cc1ccccc1-c1c2cc(Cl)c(Cl)cc2c(-c2ccccc2C)n1N1C(=O)c2ccccc2C1=O. The van der Waals surface area contributed by atoms with Crippen LogP contribution >= 0.6 is 23.2 Å². The van der Waals surface area contributed by atoms with Crippen molar-refractivity contribution in [3.63, 3.8) is 0 Å². The first-order valence-electron chi connectivity index (χ1n) is 11.5. The van der Waals surface area contributed by atoms with Crippen LogP contribution < -0.4 is 5.01 Å². The van der Waals surface area contributed by atoms with Crippen molar-refractivity contribution < 1.29 is 9.59 Å². The normalized spacial score (nSPS) is 13.1. The second-order valence-electron chi connectivity index (χ2n) is 8.92. The number of rotatable bonds is 3. The van der Waals surface area contributed by atoms with E-state index in [2.05, 4.69) is 0 Å². The molecule has 2 amide bonds. The van der Waals surface area contributed by atoms with E-state index >= 15 is 0 Å². The first kappa shape index (κ1) is 22.6. The maximum absolute atomic E-state index is 13.8. The van der Waals surface area contributed by atoms with E-state index in [4.69, 9.17) is 23.2 Å². The van der Waals surface area contributed by atoms with E-state index in [-0.39, 0.29) is 11.8 Å². The van der Waals surface area contributed by atoms with Gasteiger partial charge in [-0.3, -0.25) is 9.59 Å². The molecular formula is C30H20Cl2N2O2. The van der Waals surface area contributed by atoms with Gasteiger partial charge in [0.1, 0.15) is 0 Å². The Hall–Kier alpha value is -3.86. The molecule has 0 bridgehead atoms. The Bertz CT molecular complexity index is 1610. The number of benzene rings is 4. The summed E-state index contributed by atoms with van der Waals surface area (Å²) in [6.45, 7) is 4.01. The fourth-order valence-corrected chi connectivity index (χ4v) is 5.36. The highest BCUT2D eigenvalue weighted by Gasteiger charge is 2.40. The predicted molar refractivity (Wildman–Crippen MR) is 146 cm³/mol. The average Bonchev–Trinajstić information content (AvgIpc) is 3.31. The first-order chi connectivity index (χ1) is 17.4. The number of carbonyl (C=O) groups is 2. The van der Waals surface area contributed by atoms with Crippen LogP contribution in [0.25, 0.3) is 33.3 Å². The van der Waals surface area contributed by atoms with E-state index in [1.54, 1.807) is 28.9 Å². The fraction of sp³-hybridized carbons (Fsp3) is 0.0667. The lowest BCUT2D eigenvalue weighted by molar-refractivity contribution is 0.0888. The van der Waals surface area contributed by atoms with Gasteiger partial charge in [-0.2, -0.15) is 5.01 Å². The van der Waals surface area contributed by atoms with Crippen LogP contribution in [-0.2, 0) is 0 Å². The monoisotopic (exact) mass is 510 g/mol. The van der Waals surface area contributed by atoms with Crippen LogP contribution in [0.5, 0.6) is 0 Å². The summed E-state index contributed by atoms with van der Waals surface area (Å²) in [5.74, 6) is -0.754. The van der Waals surface area contributed by atoms with Gasteiger partial charge in [-0.05, 0) is 49.2 Å². The number of hydrogen-bond donors (Lipinski definition) is 0. The number of aryl methyl sites for hydroxylation is 2. The van der Waals surface area contributed by atoms with Gasteiger partial charge in [0, 0.05) is 21.9 Å². The van der Waals surface area contributed by atoms with Gasteiger partial charge in [-0.1, -0.05) is 83.9 Å². The Morgan fingerprint density at radius 1 is 0.556 bits per heavy atom. The number of imide groups is 1. The van der Waals surface area contributed by atoms with Gasteiger partial charge >= 0.3 is 0 Å². The number of halogens is 2. The molecule has 5 aromatic rings. The summed E-state index contributed by atoms with van der Waals surface area (Å²) in [5.41, 5.74) is 5.93. The van der Waals surface area contributed by atoms with Gasteiger partial charge in [0.2, 0.25) is 0 Å². The van der Waals surface area contributed by atoms with Gasteiger partial charge in [0.05, 0.1) is 32.6 Å². The van der Waals surface area contributed by atoms with E-state index < -0.39 is 0 Å². The molecule has 36 heavy (non-hydrogen) atoms. The number of carbonyl (C=O) groups excluding carboxylic acids is 2. The first-order valence-corrected chi connectivity index (χ1v) is 12.3. The van der Waals surface area contributed by atoms with Crippen molar-refractivity contribution in [2.24, 2.45) is 0 Å². The molecule has 4 aromatic carbocycles. The zero-order valence-corrected chi connectivity index (χ0v) is 21.1. The predicted octanol–water partition coefficient (Wildman–Crippen LogP) is 7.83. The fourth-order valence-electron chi connectivity index (χ4n) is 5.03. The minimum absolute atomic E-state index is 0.377. The third-order valence-electron chi connectivity index (χ3n) is 6.77. The highest BCUT2D eigenvalue weighted by atomic mass is 35.5. The molecule has 0 fully saturated rings. The number of amides is 2. The summed E-state index contributed by atoms with van der Waals surface area (Å²) >= 11 is 13.1. The number of nitrogens with zero attached hydrogens (tertiary/aromatic N) is 2. The second-order valence-corrected chi connectivity index (χ2v) is 9.73. The Morgan fingerprint density at radius 3 is 1.31 bits per heavy atom. The Balaban J connectivity index is 1.82. The number of aromatic nitrogens is 1. The number of fused-ring (bicyclic) bond motifs is 2. The molecule has 1 aromatic heterocycles. The van der Waals surface area contributed by atoms with Crippen LogP contribution in [0.15, 0.2) is 84.9 Å². The van der Waals surface area contributed by atoms with Gasteiger partial charge in [-0.15, -0.1) is 0 Å². The van der Waals surface area contributed by atoms with Crippen LogP contribution in [-0.4, -0.2) is 16.5 Å². The van der Waals surface area contributed by atoms with E-state index in [0.29, 0.717) is 32.6 Å². The minimum Gasteiger partial charge on any atom is -0.267 e. The average molecular weight is 511 g/mol. The molecule has 0 unspecified atom stereocenters. The molecule has 0 radical (unpaired) electrons. The molecule has 0 aliphatic carbocycles. The zero-order chi connectivity index (χ0) is 25.1. The van der Waals surface area contributed by atoms with Crippen LogP contribution in [0.4, 0.5) is 0 Å². The maximum Gasteiger partial charge on any atom is 0.281 e. The minimum atomic E-state index is -0.377. The number of hydrogen-bond acceptors (Lipinski definition) is 2. The van der Waals surface area contributed by atoms with E-state index in [9.17, 15) is 9.59 Å². The second kappa shape index (κ2) is 8.37. The summed E-state index contributed by atoms with van der Waals surface area (Å²) < 4.78 is 1.76. The topological polar surface area (TPSA) is 42.3 Å². The van der Waals surface area contributed by atoms with Gasteiger partial charge in [-0.25, -0.2) is 4.68 Å². The summed E-state index contributed by atoms with van der Waals surface area (Å²) in [6, 6.07) is 26.3. The van der Waals surface area contributed by atoms with Crippen molar-refractivity contribution in [1.29, 1.82) is 0 Å². The molecule has 0 saturated carbocycles. The zero-order valence-electron chi connectivity index (χ0n) is 19.5. The quantitative estimate of drug-likeness (QED) is 0.232. The molecule has 2 heterocycles. The molecule has 0 saturated heterocycles. The molecule has 1 aliphatic heterocycles. The van der Waals surface area contributed by atoms with Crippen LogP contribution in [0, 0.1) is 13.8 Å². The standard InChI is InChI=1S/C30H20Cl2N2O2/c1-17-9-3-5-11-19(17)27-23-15-25(31)26(32)16-24(23)28(20-12-6-4-10-18(20)2)33(27)34-29(35)21-13-7-8-14-22(21)30(34)36/h3-16H,1-2H3. The summed E-state index contributed by atoms with van der Waals surface area (Å²) in [6.07, 6.45) is 0. The van der Waals surface area contributed by atoms with Crippen LogP contribution in [0.2, 0.25) is 10.0 Å². The molecule has 4 nitrogen and oxygen atoms in total. The van der Waals surface area contributed by atoms with Crippen LogP contribution in [0.3, 0.4) is 0 Å². The highest BCUT2D eigenvalue weighted by molar-refractivity contribution is 6.43. The highest BCUT2D eigenvalue weighted by Crippen LogP contribution is 2.45. The summed E-state index contributed by atoms with van der Waals surface area (Å²) in [5, 5.41) is 3.64. The molecule has 0 atom stereocenters. The third-order valence-corrected chi connectivity index (χ3v) is 7.49. The van der Waals surface area contributed by atoms with E-state index in [0.717, 1.165) is 33.0 Å². The maximum atomic E-state index is 13.8. The van der Waals surface area contributed by atoms with Crippen molar-refractivity contribution in [2.75, 3.05) is 5.01 Å². The van der Waals surface area contributed by atoms with Crippen molar-refractivity contribution in [2.45, 2.75) is 13.8 Å². The van der Waals surface area contributed by atoms with Crippen molar-refractivity contribution in [3.8, 4) is 22.5 Å². The lowest BCUT2D eigenvalue weighted by Crippen LogP contribution is -2.40. The summed E-state index contributed by atoms with van der Waals surface area (Å²) in [4.78, 5) is 27.6. The Kier molecular flexibility index (Phi) is 5.25. The Labute approximate surface area is 218 Å². The van der Waals surface area contributed by atoms with E-state index in [1.807, 2.05) is 74.5 Å². The smallest absolute Gasteiger partial charge is 0.267 e. The third kappa shape index (κ3) is 3.22. The Morgan fingerprint density at radius 2 is 0.917 bits per heavy atom. The van der Waals surface area contributed by atoms with Crippen molar-refractivity contribution in [3.05, 3.63) is 117 Å². The van der Waals surface area contributed by atoms with E-state index in [1.165, 1.54) is 5.01 Å². The molecule has 176 valence electrons. The van der Waals surface area contributed by atoms with Gasteiger partial charge < -0.3 is 0 Å². The lowest BCUT2D eigenvalue weighted by Gasteiger charge is -2.23. The molecule has 0 spiro atoms. The largest absolute Gasteiger partial charge is 0.281 e. The van der Waals surface area contributed by atoms with Gasteiger partial charge in [0.25, 0.3) is 11.8 Å². The molecule has 1 aliphatic rings. The molecule has 0 N–H and O–H groups in total. The summed E-state index contributed by atoms with van der Waals surface area (Å²) in [7, 11) is 0. The van der Waals surface area contributed by atoms with Crippen molar-refractivity contribution in [1.82, 2.24) is 4.68 Å². The van der Waals surface area contributed by atoms with Gasteiger partial charge in [0.15, 0.2) is 0 Å². The lowest BCUT2D eigenvalue weighted by atomic mass is 10.0. The molecule has 6 rings (SSSR count). The molecule has 6 heteroatoms.